The van der Waals surface area contributed by atoms with Crippen LogP contribution in [0.4, 0.5) is 0 Å². The SMILES string of the molecule is CO[C@@H]1[C@H]2O[C@@H]3O[C@@H](COCCCS(=O)(=O)O)[C@H](O[C@@H]4O[C@@H](COCCCS(=O)(=O)O)[C@H](O[C@@H]5O[C@@H](COCCCS(=O)(=O)O)[C@H](O[C@@H]6O[C@@H](COCCCS(=O)(=O)O)[C@H](O[C@@H]7O[C@@H](COCCCS(=O)(=O)O)[C@H](O[C@@H]8O[C@@H](COCCCS(=O)(=O)O)[C@H](O[C@H](O[C@H]2COCCCS(=O)(=O)O)[C@@H]1OC)[C@@H](OC)[C@@H]8OC)[C@@H](OC)[C@@H]7OC)[C@@H](OC)[C@@H]6OC)[C@@H](OC)[C@@H]5OC)[C@@H](OC)[C@@H]4OC)[C@@H](OC)[C@@H]3OC. The van der Waals surface area contributed by atoms with Gasteiger partial charge in [-0.1, -0.05) is 0 Å². The summed E-state index contributed by atoms with van der Waals surface area (Å²) in [6, 6.07) is 0. The molecule has 0 aromatic rings. The van der Waals surface area contributed by atoms with Gasteiger partial charge >= 0.3 is 0 Å². The zero-order chi connectivity index (χ0) is 103. The van der Waals surface area contributed by atoms with Crippen molar-refractivity contribution in [1.82, 2.24) is 0 Å². The molecule has 0 spiro atoms. The highest BCUT2D eigenvalue weighted by atomic mass is 32.2. The third kappa shape index (κ3) is 37.5. The molecule has 21 saturated heterocycles. The van der Waals surface area contributed by atoms with E-state index >= 15 is 0 Å². The molecule has 21 heterocycles. The van der Waals surface area contributed by atoms with Crippen LogP contribution in [0.5, 0.6) is 0 Å². The lowest BCUT2D eigenvalue weighted by molar-refractivity contribution is -0.403. The third-order valence-electron chi connectivity index (χ3n) is 23.8. The Morgan fingerprint density at radius 3 is 0.350 bits per heavy atom. The molecule has 7 N–H and O–H groups in total. The van der Waals surface area contributed by atoms with E-state index in [0.29, 0.717) is 0 Å². The first-order chi connectivity index (χ1) is 66.2. The van der Waals surface area contributed by atoms with E-state index in [4.69, 9.17) is 166 Å². The standard InChI is InChI=1S/C77H140O56S7/c1-99-57-50-43(36-113-22-15-29-134(78,79)80)120-71(64(57)106-8)128-51-44(37-114-23-16-30-135(81,82)83)122-73(66(108-10)58(51)100-2)130-53-46(39-116-25-18-32-137(87,88)89)124-75(68(110-12)60(53)102-4)132-55-48(41-118-27-20-34-139(93,94)95)126-77(70(112-14)62(55)104-6)133-56-49(42-119-28-21-35-140(96,97)98)125-76(69(111-13)63(56)105-7)131-54-47(40-117-26-19-33-138(90,91)92)123-74(67(109-11)61(54)103-5)129-52-45(38-115-24-17-31-136(84,85)86)121-72(127-50)65(107-9)59(52)101-3/h43-77H,15-42H2,1-14H3,(H,78,79,80)(H,81,82,83)(H,84,85,86)(H,87,88,89)(H,90,91,92)(H,93,94,95)(H,96,97,98)/t43-,44-,45-,46-,47-,48-,49-,50-,51-,52-,53-,54-,55-,56-,57+,58+,59+,60+,61+,62+,63+,64-,65-,66-,67-,68-,69-,70+,71-,72-,73-,74-,75-,76-,77-/m0/s1. The van der Waals surface area contributed by atoms with Gasteiger partial charge in [0.2, 0.25) is 0 Å². The molecule has 0 aromatic heterocycles. The van der Waals surface area contributed by atoms with Gasteiger partial charge in [0.15, 0.2) is 44.0 Å². The molecule has 14 bridgehead atoms. The molecular formula is C77H140O56S7. The monoisotopic (exact) mass is 2180 g/mol. The Morgan fingerprint density at radius 2 is 0.264 bits per heavy atom. The first kappa shape index (κ1) is 123. The summed E-state index contributed by atoms with van der Waals surface area (Å²) in [7, 11) is -14.3. The fraction of sp³-hybridized carbons (Fsp3) is 1.00. The van der Waals surface area contributed by atoms with E-state index in [1.165, 1.54) is 99.5 Å². The van der Waals surface area contributed by atoms with Gasteiger partial charge in [-0.3, -0.25) is 31.9 Å². The first-order valence-electron chi connectivity index (χ1n) is 44.5. The fourth-order valence-corrected chi connectivity index (χ4v) is 20.9. The quantitative estimate of drug-likeness (QED) is 0.0226. The minimum absolute atomic E-state index is 0.280. The molecular weight excluding hydrogens is 2050 g/mol. The molecule has 21 aliphatic heterocycles. The molecule has 0 aromatic carbocycles. The Labute approximate surface area is 815 Å². The number of rotatable bonds is 56. The van der Waals surface area contributed by atoms with Crippen molar-refractivity contribution in [2.45, 2.75) is 260 Å². The smallest absolute Gasteiger partial charge is 0.264 e. The van der Waals surface area contributed by atoms with Crippen LogP contribution in [-0.2, 0) is 237 Å². The molecule has 21 rings (SSSR count). The lowest BCUT2D eigenvalue weighted by Gasteiger charge is -2.52. The van der Waals surface area contributed by atoms with Crippen LogP contribution >= 0.6 is 0 Å². The van der Waals surface area contributed by atoms with E-state index in [1.807, 2.05) is 0 Å². The molecule has 56 nitrogen and oxygen atoms in total. The Morgan fingerprint density at radius 1 is 0.164 bits per heavy atom. The first-order valence-corrected chi connectivity index (χ1v) is 55.7. The highest BCUT2D eigenvalue weighted by Crippen LogP contribution is 2.44. The van der Waals surface area contributed by atoms with Crippen molar-refractivity contribution in [2.24, 2.45) is 0 Å². The van der Waals surface area contributed by atoms with Crippen LogP contribution in [-0.4, -0.2) is 538 Å². The van der Waals surface area contributed by atoms with Gasteiger partial charge in [-0.2, -0.15) is 58.9 Å². The van der Waals surface area contributed by atoms with Gasteiger partial charge in [0.25, 0.3) is 70.8 Å². The molecule has 0 saturated carbocycles. The highest BCUT2D eigenvalue weighted by Gasteiger charge is 2.63. The molecule has 0 aliphatic carbocycles. The van der Waals surface area contributed by atoms with E-state index < -0.39 is 372 Å². The van der Waals surface area contributed by atoms with Crippen molar-refractivity contribution < 1.29 is 257 Å². The van der Waals surface area contributed by atoms with Gasteiger partial charge in [0.05, 0.1) is 86.5 Å². The summed E-state index contributed by atoms with van der Waals surface area (Å²) in [5.74, 6) is -5.32. The van der Waals surface area contributed by atoms with E-state index in [-0.39, 0.29) is 91.2 Å². The van der Waals surface area contributed by atoms with Gasteiger partial charge < -0.3 is 166 Å². The Balaban J connectivity index is 1.36. The summed E-state index contributed by atoms with van der Waals surface area (Å²) in [5.41, 5.74) is 0. The normalized spacial score (nSPS) is 36.6. The Kier molecular flexibility index (Phi) is 51.5. The zero-order valence-electron chi connectivity index (χ0n) is 80.0. The average Bonchev–Trinajstić information content (AvgIpc) is 0.783. The molecule has 826 valence electrons. The van der Waals surface area contributed by atoms with Crippen LogP contribution in [0.15, 0.2) is 0 Å². The second-order valence-corrected chi connectivity index (χ2v) is 44.3. The fourth-order valence-electron chi connectivity index (χ4n) is 17.5. The van der Waals surface area contributed by atoms with Gasteiger partial charge in [-0.25, -0.2) is 0 Å². The van der Waals surface area contributed by atoms with Crippen LogP contribution in [0.1, 0.15) is 44.9 Å². The minimum Gasteiger partial charge on any atom is -0.379 e. The van der Waals surface area contributed by atoms with E-state index in [2.05, 4.69) is 0 Å². The second-order valence-electron chi connectivity index (χ2n) is 33.3. The summed E-state index contributed by atoms with van der Waals surface area (Å²) >= 11 is 0. The van der Waals surface area contributed by atoms with Crippen molar-refractivity contribution in [1.29, 1.82) is 0 Å². The van der Waals surface area contributed by atoms with Crippen molar-refractivity contribution in [3.05, 3.63) is 0 Å². The maximum atomic E-state index is 12.1. The maximum Gasteiger partial charge on any atom is 0.264 e. The number of hydrogen-bond donors (Lipinski definition) is 7. The maximum absolute atomic E-state index is 12.1. The van der Waals surface area contributed by atoms with Crippen molar-refractivity contribution in [2.75, 3.05) is 232 Å². The van der Waals surface area contributed by atoms with E-state index in [0.717, 1.165) is 0 Å². The number of hydrogen-bond acceptors (Lipinski definition) is 49. The van der Waals surface area contributed by atoms with E-state index in [1.54, 1.807) is 0 Å². The molecule has 0 unspecified atom stereocenters. The van der Waals surface area contributed by atoms with Gasteiger partial charge in [-0.15, -0.1) is 0 Å². The Hall–Kier alpha value is -2.03. The summed E-state index contributed by atoms with van der Waals surface area (Å²) in [6.07, 6.45) is -55.3. The average molecular weight is 2190 g/mol. The van der Waals surface area contributed by atoms with Gasteiger partial charge in [0.1, 0.15) is 171 Å². The van der Waals surface area contributed by atoms with Crippen molar-refractivity contribution in [3.8, 4) is 0 Å². The molecule has 0 radical (unpaired) electrons. The largest absolute Gasteiger partial charge is 0.379 e. The summed E-state index contributed by atoms with van der Waals surface area (Å²) in [4.78, 5) is 0. The van der Waals surface area contributed by atoms with Crippen LogP contribution in [0, 0.1) is 0 Å². The van der Waals surface area contributed by atoms with Gasteiger partial charge in [-0.05, 0) is 44.9 Å². The van der Waals surface area contributed by atoms with Crippen LogP contribution in [0.25, 0.3) is 0 Å². The lowest BCUT2D eigenvalue weighted by Crippen LogP contribution is -2.69. The highest BCUT2D eigenvalue weighted by molar-refractivity contribution is 7.87. The summed E-state index contributed by atoms with van der Waals surface area (Å²) in [6.45, 7) is -6.41. The molecule has 63 heteroatoms. The number of methoxy groups -OCH3 is 14. The predicted molar refractivity (Wildman–Crippen MR) is 469 cm³/mol. The molecule has 21 fully saturated rings. The van der Waals surface area contributed by atoms with Crippen LogP contribution < -0.4 is 0 Å². The van der Waals surface area contributed by atoms with Gasteiger partial charge in [0, 0.05) is 146 Å². The topological polar surface area (TPSA) is 704 Å². The second kappa shape index (κ2) is 58.5. The molecule has 140 heavy (non-hydrogen) atoms. The van der Waals surface area contributed by atoms with Crippen molar-refractivity contribution in [3.63, 3.8) is 0 Å². The summed E-state index contributed by atoms with van der Waals surface area (Å²) < 4.78 is 467. The minimum atomic E-state index is -4.56. The third-order valence-corrected chi connectivity index (χ3v) is 29.4. The van der Waals surface area contributed by atoms with Crippen molar-refractivity contribution >= 4 is 70.8 Å². The van der Waals surface area contributed by atoms with Crippen LogP contribution in [0.3, 0.4) is 0 Å². The van der Waals surface area contributed by atoms with Crippen LogP contribution in [0.2, 0.25) is 0 Å². The predicted octanol–water partition coefficient (Wildman–Crippen LogP) is -3.96. The van der Waals surface area contributed by atoms with E-state index in [9.17, 15) is 90.8 Å². The Bertz CT molecular complexity index is 3640. The molecule has 35 atom stereocenters. The summed E-state index contributed by atoms with van der Waals surface area (Å²) in [5, 5.41) is 0. The lowest BCUT2D eigenvalue weighted by atomic mass is 9.94. The molecule has 21 aliphatic rings. The number of ether oxygens (including phenoxy) is 35. The molecule has 0 amide bonds. The zero-order valence-corrected chi connectivity index (χ0v) is 85.7.